The van der Waals surface area contributed by atoms with Gasteiger partial charge in [0.15, 0.2) is 0 Å². The van der Waals surface area contributed by atoms with E-state index >= 15 is 0 Å². The van der Waals surface area contributed by atoms with Gasteiger partial charge < -0.3 is 10.6 Å². The van der Waals surface area contributed by atoms with Crippen molar-refractivity contribution in [3.63, 3.8) is 0 Å². The summed E-state index contributed by atoms with van der Waals surface area (Å²) in [5, 5.41) is 6.27. The minimum absolute atomic E-state index is 0.0562. The van der Waals surface area contributed by atoms with Crippen molar-refractivity contribution in [3.8, 4) is 0 Å². The van der Waals surface area contributed by atoms with Gasteiger partial charge in [-0.1, -0.05) is 24.3 Å². The Morgan fingerprint density at radius 1 is 1.05 bits per heavy atom. The van der Waals surface area contributed by atoms with Crippen molar-refractivity contribution in [2.24, 2.45) is 0 Å². The average Bonchev–Trinajstić information content (AvgIpc) is 2.43. The molecular weight excluding hydrogens is 260 g/mol. The van der Waals surface area contributed by atoms with Crippen molar-refractivity contribution in [1.29, 1.82) is 0 Å². The molecule has 0 radical (unpaired) electrons. The quantitative estimate of drug-likeness (QED) is 0.883. The first-order valence-electron chi connectivity index (χ1n) is 7.14. The number of hydrogen-bond acceptors (Lipinski definition) is 2. The summed E-state index contributed by atoms with van der Waals surface area (Å²) in [6.07, 6.45) is 0. The smallest absolute Gasteiger partial charge is 0.221 e. The average molecular weight is 282 g/mol. The molecule has 0 aliphatic heterocycles. The summed E-state index contributed by atoms with van der Waals surface area (Å²) in [7, 11) is 0. The van der Waals surface area contributed by atoms with Gasteiger partial charge in [-0.15, -0.1) is 0 Å². The van der Waals surface area contributed by atoms with Crippen LogP contribution in [0.1, 0.15) is 29.2 Å². The third-order valence-corrected chi connectivity index (χ3v) is 3.74. The highest BCUT2D eigenvalue weighted by molar-refractivity contribution is 5.89. The van der Waals surface area contributed by atoms with E-state index < -0.39 is 0 Å². The molecule has 0 aromatic heterocycles. The van der Waals surface area contributed by atoms with Gasteiger partial charge in [0.2, 0.25) is 5.91 Å². The van der Waals surface area contributed by atoms with Crippen LogP contribution in [0.25, 0.3) is 0 Å². The van der Waals surface area contributed by atoms with Crippen molar-refractivity contribution >= 4 is 17.3 Å². The highest BCUT2D eigenvalue weighted by Crippen LogP contribution is 2.22. The van der Waals surface area contributed by atoms with E-state index in [0.29, 0.717) is 0 Å². The molecule has 2 rings (SSSR count). The summed E-state index contributed by atoms with van der Waals surface area (Å²) in [5.41, 5.74) is 6.94. The summed E-state index contributed by atoms with van der Waals surface area (Å²) in [6, 6.07) is 12.3. The van der Waals surface area contributed by atoms with Crippen LogP contribution in [0.3, 0.4) is 0 Å². The molecule has 2 aromatic rings. The lowest BCUT2D eigenvalue weighted by atomic mass is 10.0. The molecule has 0 spiro atoms. The fraction of sp³-hybridized carbons (Fsp3) is 0.278. The van der Waals surface area contributed by atoms with Gasteiger partial charge in [0.1, 0.15) is 0 Å². The zero-order valence-corrected chi connectivity index (χ0v) is 13.1. The lowest BCUT2D eigenvalue weighted by Gasteiger charge is -2.14. The molecule has 0 aliphatic carbocycles. The predicted molar refractivity (Wildman–Crippen MR) is 88.7 cm³/mol. The largest absolute Gasteiger partial charge is 0.381 e. The minimum atomic E-state index is -0.0562. The Bertz CT molecular complexity index is 662. The minimum Gasteiger partial charge on any atom is -0.381 e. The van der Waals surface area contributed by atoms with Crippen LogP contribution >= 0.6 is 0 Å². The molecule has 3 nitrogen and oxygen atoms in total. The van der Waals surface area contributed by atoms with Gasteiger partial charge in [0, 0.05) is 24.8 Å². The highest BCUT2D eigenvalue weighted by Gasteiger charge is 2.04. The molecule has 2 aromatic carbocycles. The van der Waals surface area contributed by atoms with Crippen LogP contribution in [-0.4, -0.2) is 5.91 Å². The zero-order chi connectivity index (χ0) is 15.4. The van der Waals surface area contributed by atoms with Crippen LogP contribution in [0.5, 0.6) is 0 Å². The molecule has 0 saturated carbocycles. The predicted octanol–water partition coefficient (Wildman–Crippen LogP) is 4.18. The van der Waals surface area contributed by atoms with Crippen molar-refractivity contribution < 1.29 is 4.79 Å². The molecule has 2 N–H and O–H groups in total. The van der Waals surface area contributed by atoms with E-state index in [2.05, 4.69) is 49.6 Å². The van der Waals surface area contributed by atoms with Crippen LogP contribution < -0.4 is 10.6 Å². The first-order valence-corrected chi connectivity index (χ1v) is 7.14. The number of rotatable bonds is 4. The number of hydrogen-bond donors (Lipinski definition) is 2. The number of aryl methyl sites for hydroxylation is 2. The van der Waals surface area contributed by atoms with E-state index in [1.807, 2.05) is 18.2 Å². The maximum absolute atomic E-state index is 11.1. The first kappa shape index (κ1) is 15.1. The van der Waals surface area contributed by atoms with Gasteiger partial charge in [-0.2, -0.15) is 0 Å². The van der Waals surface area contributed by atoms with Gasteiger partial charge in [0.25, 0.3) is 0 Å². The Hall–Kier alpha value is -2.29. The van der Waals surface area contributed by atoms with E-state index in [1.54, 1.807) is 0 Å². The second-order valence-electron chi connectivity index (χ2n) is 5.42. The molecule has 110 valence electrons. The Balaban J connectivity index is 2.15. The first-order chi connectivity index (χ1) is 9.97. The van der Waals surface area contributed by atoms with E-state index in [1.165, 1.54) is 23.6 Å². The maximum atomic E-state index is 11.1. The van der Waals surface area contributed by atoms with Crippen molar-refractivity contribution in [1.82, 2.24) is 0 Å². The van der Waals surface area contributed by atoms with Crippen LogP contribution in [0.4, 0.5) is 11.4 Å². The molecular formula is C18H22N2O. The van der Waals surface area contributed by atoms with E-state index in [9.17, 15) is 4.79 Å². The Morgan fingerprint density at radius 2 is 1.81 bits per heavy atom. The summed E-state index contributed by atoms with van der Waals surface area (Å²) in [5.74, 6) is -0.0562. The maximum Gasteiger partial charge on any atom is 0.221 e. The molecule has 21 heavy (non-hydrogen) atoms. The number of carbonyl (C=O) groups excluding carboxylic acids is 1. The van der Waals surface area contributed by atoms with Crippen LogP contribution in [0.15, 0.2) is 36.4 Å². The summed E-state index contributed by atoms with van der Waals surface area (Å²) < 4.78 is 0. The van der Waals surface area contributed by atoms with Crippen molar-refractivity contribution in [2.45, 2.75) is 34.2 Å². The third kappa shape index (κ3) is 3.85. The van der Waals surface area contributed by atoms with Gasteiger partial charge >= 0.3 is 0 Å². The molecule has 0 heterocycles. The molecule has 0 unspecified atom stereocenters. The Kier molecular flexibility index (Phi) is 4.63. The summed E-state index contributed by atoms with van der Waals surface area (Å²) in [4.78, 5) is 11.1. The number of anilines is 2. The zero-order valence-electron chi connectivity index (χ0n) is 13.1. The number of benzene rings is 2. The Morgan fingerprint density at radius 3 is 2.52 bits per heavy atom. The van der Waals surface area contributed by atoms with Crippen LogP contribution in [0, 0.1) is 20.8 Å². The topological polar surface area (TPSA) is 41.1 Å². The number of amides is 1. The monoisotopic (exact) mass is 282 g/mol. The summed E-state index contributed by atoms with van der Waals surface area (Å²) in [6.45, 7) is 8.62. The lowest BCUT2D eigenvalue weighted by Crippen LogP contribution is -2.07. The molecule has 0 bridgehead atoms. The highest BCUT2D eigenvalue weighted by atomic mass is 16.1. The van der Waals surface area contributed by atoms with Crippen molar-refractivity contribution in [2.75, 3.05) is 10.6 Å². The second-order valence-corrected chi connectivity index (χ2v) is 5.42. The molecule has 1 amide bonds. The molecule has 0 saturated heterocycles. The number of carbonyl (C=O) groups is 1. The summed E-state index contributed by atoms with van der Waals surface area (Å²) >= 11 is 0. The standard InChI is InChI=1S/C18H22N2O/c1-12-6-5-7-16(14(12)3)11-19-18-10-17(20-15(4)21)9-8-13(18)2/h5-10,19H,11H2,1-4H3,(H,20,21). The molecule has 3 heteroatoms. The van der Waals surface area contributed by atoms with Crippen LogP contribution in [0.2, 0.25) is 0 Å². The fourth-order valence-electron chi connectivity index (χ4n) is 2.29. The SMILES string of the molecule is CC(=O)Nc1ccc(C)c(NCc2cccc(C)c2C)c1. The normalized spacial score (nSPS) is 10.3. The lowest BCUT2D eigenvalue weighted by molar-refractivity contribution is -0.114. The van der Waals surface area contributed by atoms with E-state index in [4.69, 9.17) is 0 Å². The van der Waals surface area contributed by atoms with Gasteiger partial charge in [-0.3, -0.25) is 4.79 Å². The van der Waals surface area contributed by atoms with Gasteiger partial charge in [0.05, 0.1) is 0 Å². The Labute approximate surface area is 126 Å². The second kappa shape index (κ2) is 6.44. The van der Waals surface area contributed by atoms with Crippen LogP contribution in [-0.2, 0) is 11.3 Å². The fourth-order valence-corrected chi connectivity index (χ4v) is 2.29. The van der Waals surface area contributed by atoms with E-state index in [-0.39, 0.29) is 5.91 Å². The third-order valence-electron chi connectivity index (χ3n) is 3.74. The van der Waals surface area contributed by atoms with Crippen molar-refractivity contribution in [3.05, 3.63) is 58.7 Å². The molecule has 0 fully saturated rings. The van der Waals surface area contributed by atoms with Gasteiger partial charge in [-0.25, -0.2) is 0 Å². The van der Waals surface area contributed by atoms with Gasteiger partial charge in [-0.05, 0) is 55.2 Å². The number of nitrogens with one attached hydrogen (secondary N) is 2. The molecule has 0 atom stereocenters. The molecule has 0 aliphatic rings. The van der Waals surface area contributed by atoms with E-state index in [0.717, 1.165) is 23.5 Å².